The molecule has 0 bridgehead atoms. The predicted octanol–water partition coefficient (Wildman–Crippen LogP) is 30.6. The van der Waals surface area contributed by atoms with Gasteiger partial charge in [-0.25, -0.2) is 0 Å². The zero-order valence-corrected chi connectivity index (χ0v) is 65.7. The Labute approximate surface area is 696 Å². The van der Waals surface area contributed by atoms with Gasteiger partial charge in [0.2, 0.25) is 0 Å². The van der Waals surface area contributed by atoms with Crippen molar-refractivity contribution in [2.45, 2.75) is 5.41 Å². The number of benzene rings is 19. The van der Waals surface area contributed by atoms with Crippen LogP contribution in [0.25, 0.3) is 160 Å². The predicted molar refractivity (Wildman–Crippen MR) is 504 cm³/mol. The molecule has 0 radical (unpaired) electrons. The largest absolute Gasteiger partial charge is 0.355 e. The molecule has 4 heterocycles. The third kappa shape index (κ3) is 11.5. The van der Waals surface area contributed by atoms with Gasteiger partial charge in [0, 0.05) is 77.6 Å². The lowest BCUT2D eigenvalue weighted by molar-refractivity contribution is 0.748. The van der Waals surface area contributed by atoms with Gasteiger partial charge < -0.3 is 23.9 Å². The Kier molecular flexibility index (Phi) is 16.8. The first-order chi connectivity index (χ1) is 59.5. The van der Waals surface area contributed by atoms with E-state index in [9.17, 15) is 0 Å². The molecular weight excluding hydrogens is 1450 g/mol. The van der Waals surface area contributed by atoms with E-state index in [0.29, 0.717) is 0 Å². The number of nitrogens with one attached hydrogen (secondary N) is 1. The van der Waals surface area contributed by atoms with Gasteiger partial charge in [0.1, 0.15) is 0 Å². The first kappa shape index (κ1) is 69.7. The molecule has 24 rings (SSSR count). The second-order valence-corrected chi connectivity index (χ2v) is 31.5. The first-order valence-corrected chi connectivity index (χ1v) is 41.4. The van der Waals surface area contributed by atoms with Crippen LogP contribution in [0, 0.1) is 0 Å². The smallest absolute Gasteiger partial charge is 0.0755 e. The van der Waals surface area contributed by atoms with E-state index in [-0.39, 0.29) is 0 Å². The number of hydrogen-bond acceptors (Lipinski definition) is 2. The van der Waals surface area contributed by atoms with E-state index < -0.39 is 5.41 Å². The number of fused-ring (bicyclic) bond motifs is 18. The minimum absolute atomic E-state index is 0.587. The molecule has 3 aromatic heterocycles. The van der Waals surface area contributed by atoms with E-state index in [1.807, 2.05) is 0 Å². The second-order valence-electron chi connectivity index (χ2n) is 31.5. The Morgan fingerprint density at radius 3 is 1.09 bits per heavy atom. The van der Waals surface area contributed by atoms with Gasteiger partial charge in [-0.2, -0.15) is 0 Å². The van der Waals surface area contributed by atoms with Crippen molar-refractivity contribution in [3.8, 4) is 95.0 Å². The molecule has 2 aliphatic rings. The highest BCUT2D eigenvalue weighted by Crippen LogP contribution is 2.62. The van der Waals surface area contributed by atoms with Gasteiger partial charge in [0.15, 0.2) is 0 Å². The number of hydrogen-bond donors (Lipinski definition) is 1. The summed E-state index contributed by atoms with van der Waals surface area (Å²) in [5, 5.41) is 11.3. The van der Waals surface area contributed by atoms with Gasteiger partial charge in [-0.3, -0.25) is 0 Å². The van der Waals surface area contributed by atoms with Crippen molar-refractivity contribution in [1.29, 1.82) is 0 Å². The van der Waals surface area contributed by atoms with Gasteiger partial charge in [-0.05, 0) is 198 Å². The summed E-state index contributed by atoms with van der Waals surface area (Å²) in [6, 6.07) is 168. The Morgan fingerprint density at radius 2 is 0.558 bits per heavy atom. The molecule has 562 valence electrons. The number of nitrogens with zero attached hydrogens (tertiary/aromatic N) is 4. The van der Waals surface area contributed by atoms with E-state index >= 15 is 0 Å². The van der Waals surface area contributed by atoms with Crippen molar-refractivity contribution in [3.63, 3.8) is 0 Å². The van der Waals surface area contributed by atoms with Gasteiger partial charge in [0.25, 0.3) is 0 Å². The second kappa shape index (κ2) is 28.9. The lowest BCUT2D eigenvalue weighted by atomic mass is 9.65. The fraction of sp³-hybridized carbons (Fsp3) is 0.00870. The zero-order chi connectivity index (χ0) is 79.2. The van der Waals surface area contributed by atoms with Crippen LogP contribution in [0.2, 0.25) is 0 Å². The van der Waals surface area contributed by atoms with E-state index in [4.69, 9.17) is 0 Å². The average molecular weight is 1530 g/mol. The van der Waals surface area contributed by atoms with E-state index in [1.165, 1.54) is 155 Å². The molecule has 1 aliphatic carbocycles. The minimum Gasteiger partial charge on any atom is -0.355 e. The average Bonchev–Trinajstić information content (AvgIpc) is 1.49. The minimum atomic E-state index is -0.587. The Hall–Kier alpha value is -15.8. The summed E-state index contributed by atoms with van der Waals surface area (Å²) in [5.74, 6) is 0. The molecule has 0 fully saturated rings. The van der Waals surface area contributed by atoms with Gasteiger partial charge in [-0.1, -0.05) is 352 Å². The Bertz CT molecular complexity index is 7580. The number of para-hydroxylation sites is 9. The van der Waals surface area contributed by atoms with Crippen LogP contribution in [0.4, 0.5) is 28.4 Å². The fourth-order valence-electron chi connectivity index (χ4n) is 19.5. The van der Waals surface area contributed by atoms with Crippen LogP contribution in [0.1, 0.15) is 22.3 Å². The van der Waals surface area contributed by atoms with Crippen LogP contribution in [0.3, 0.4) is 0 Å². The number of anilines is 5. The molecule has 120 heavy (non-hydrogen) atoms. The van der Waals surface area contributed by atoms with Crippen molar-refractivity contribution >= 4 is 93.9 Å². The molecular formula is C115H77N5. The van der Waals surface area contributed by atoms with Crippen LogP contribution < -0.4 is 10.2 Å². The topological polar surface area (TPSA) is 30.1 Å². The molecule has 0 saturated carbocycles. The van der Waals surface area contributed by atoms with Crippen LogP contribution in [0.15, 0.2) is 461 Å². The maximum absolute atomic E-state index is 3.65. The molecule has 1 spiro atoms. The number of rotatable bonds is 13. The lowest BCUT2D eigenvalue weighted by Gasteiger charge is -2.40. The Morgan fingerprint density at radius 1 is 0.208 bits per heavy atom. The molecule has 1 aliphatic heterocycles. The van der Waals surface area contributed by atoms with Gasteiger partial charge >= 0.3 is 0 Å². The molecule has 5 heteroatoms. The molecule has 0 saturated heterocycles. The summed E-state index contributed by atoms with van der Waals surface area (Å²) in [4.78, 5) is 2.48. The van der Waals surface area contributed by atoms with Crippen molar-refractivity contribution < 1.29 is 0 Å². The van der Waals surface area contributed by atoms with E-state index in [0.717, 1.165) is 56.5 Å². The normalized spacial score (nSPS) is 13.0. The van der Waals surface area contributed by atoms with Crippen LogP contribution in [-0.4, -0.2) is 13.7 Å². The molecule has 22 aromatic rings. The molecule has 1 atom stereocenters. The Balaban J connectivity index is 0.000000162. The van der Waals surface area contributed by atoms with Crippen LogP contribution in [0.5, 0.6) is 0 Å². The SMILES string of the molecule is c1ccc(-c2ccc(-c3ccccc3N(c3ccc(-c4ccc(-n5c6ccccc6c6ccccc65)cc4)cc3)c3ccc4c(c3)C3(c5ccccc5-4)c4ccccc4-n4c5ccccc5c5cccc3c54)cc2)cc1.c1ccc(-c2ccc(-c3ccccc3Nc3ccc(-c4ccc(-n5c6ccccc6c6ccccc65)cc4)cc3)cc2)cc1. The number of aromatic nitrogens is 3. The van der Waals surface area contributed by atoms with Gasteiger partial charge in [-0.15, -0.1) is 0 Å². The third-order valence-electron chi connectivity index (χ3n) is 25.0. The molecule has 1 N–H and O–H groups in total. The van der Waals surface area contributed by atoms with E-state index in [1.54, 1.807) is 0 Å². The lowest BCUT2D eigenvalue weighted by Crippen LogP contribution is -2.33. The highest BCUT2D eigenvalue weighted by Gasteiger charge is 2.51. The quantitative estimate of drug-likeness (QED) is 0.125. The van der Waals surface area contributed by atoms with E-state index in [2.05, 4.69) is 485 Å². The maximum atomic E-state index is 3.65. The summed E-state index contributed by atoms with van der Waals surface area (Å²) < 4.78 is 7.26. The summed E-state index contributed by atoms with van der Waals surface area (Å²) in [6.45, 7) is 0. The van der Waals surface area contributed by atoms with Crippen molar-refractivity contribution in [2.24, 2.45) is 0 Å². The summed E-state index contributed by atoms with van der Waals surface area (Å²) >= 11 is 0. The molecule has 5 nitrogen and oxygen atoms in total. The first-order valence-electron chi connectivity index (χ1n) is 41.4. The highest BCUT2D eigenvalue weighted by molar-refractivity contribution is 6.14. The van der Waals surface area contributed by atoms with Crippen molar-refractivity contribution in [3.05, 3.63) is 483 Å². The van der Waals surface area contributed by atoms with Crippen molar-refractivity contribution in [1.82, 2.24) is 13.7 Å². The molecule has 1 unspecified atom stereocenters. The summed E-state index contributed by atoms with van der Waals surface area (Å²) in [7, 11) is 0. The van der Waals surface area contributed by atoms with Crippen molar-refractivity contribution in [2.75, 3.05) is 10.2 Å². The monoisotopic (exact) mass is 1530 g/mol. The summed E-state index contributed by atoms with van der Waals surface area (Å²) in [5.41, 5.74) is 37.7. The molecule has 19 aromatic carbocycles. The standard InChI is InChI=1S/C73H47N3.C42H30N2/c1-2-17-48(18-3-1)49-33-35-52(36-34-49)56-19-5-11-28-67(56)74(53-41-37-50(38-42-53)51-39-43-54(44-40-51)75-68-29-12-6-21-59(68)60-22-7-13-30-69(60)75)55-45-46-58-57-20-4-9-25-63(57)73(66(58)47-55)64-26-10-15-32-71(64)76-70-31-14-8-23-61(70)62-24-16-27-65(73)72(62)76;1-2-10-30(11-3-1)31-18-20-34(21-19-31)37-12-4-7-15-40(37)43-35-26-22-32(23-27-35)33-24-28-36(29-25-33)44-41-16-8-5-13-38(41)39-14-6-9-17-42(39)44/h1-47H;1-29,43H. The third-order valence-corrected chi connectivity index (χ3v) is 25.0. The highest BCUT2D eigenvalue weighted by atomic mass is 15.1. The fourth-order valence-corrected chi connectivity index (χ4v) is 19.5. The van der Waals surface area contributed by atoms with Crippen LogP contribution >= 0.6 is 0 Å². The maximum Gasteiger partial charge on any atom is 0.0755 e. The molecule has 0 amide bonds. The zero-order valence-electron chi connectivity index (χ0n) is 65.7. The van der Waals surface area contributed by atoms with Crippen LogP contribution in [-0.2, 0) is 5.41 Å². The summed E-state index contributed by atoms with van der Waals surface area (Å²) in [6.07, 6.45) is 0. The van der Waals surface area contributed by atoms with Gasteiger partial charge in [0.05, 0.1) is 49.9 Å².